The monoisotopic (exact) mass is 212 g/mol. The van der Waals surface area contributed by atoms with Crippen LogP contribution in [-0.2, 0) is 4.79 Å². The Kier molecular flexibility index (Phi) is 4.58. The summed E-state index contributed by atoms with van der Waals surface area (Å²) in [6.07, 6.45) is 2.86. The zero-order valence-electron chi connectivity index (χ0n) is 10.2. The molecule has 3 unspecified atom stereocenters. The molecule has 0 saturated carbocycles. The topological polar surface area (TPSA) is 46.3 Å². The van der Waals surface area contributed by atoms with Crippen molar-refractivity contribution in [3.8, 4) is 0 Å². The molecule has 0 aromatic carbocycles. The number of carbonyl (C=O) groups is 1. The van der Waals surface area contributed by atoms with Crippen LogP contribution in [0.1, 0.15) is 40.0 Å². The van der Waals surface area contributed by atoms with Crippen LogP contribution in [0.15, 0.2) is 0 Å². The smallest absolute Gasteiger partial charge is 0.223 e. The van der Waals surface area contributed by atoms with E-state index < -0.39 is 0 Å². The van der Waals surface area contributed by atoms with Gasteiger partial charge in [-0.05, 0) is 18.3 Å². The molecule has 3 heteroatoms. The van der Waals surface area contributed by atoms with E-state index >= 15 is 0 Å². The molecule has 88 valence electrons. The van der Waals surface area contributed by atoms with E-state index in [1.165, 1.54) is 0 Å². The summed E-state index contributed by atoms with van der Waals surface area (Å²) in [5.74, 6) is 1.35. The lowest BCUT2D eigenvalue weighted by molar-refractivity contribution is -0.133. The van der Waals surface area contributed by atoms with Gasteiger partial charge in [0.25, 0.3) is 0 Å². The second-order valence-electron chi connectivity index (χ2n) is 4.87. The minimum absolute atomic E-state index is 0.279. The van der Waals surface area contributed by atoms with Gasteiger partial charge in [-0.2, -0.15) is 0 Å². The van der Waals surface area contributed by atoms with Gasteiger partial charge >= 0.3 is 0 Å². The molecule has 1 fully saturated rings. The maximum Gasteiger partial charge on any atom is 0.223 e. The van der Waals surface area contributed by atoms with Gasteiger partial charge in [0.05, 0.1) is 0 Å². The zero-order chi connectivity index (χ0) is 11.4. The molecule has 1 amide bonds. The molecule has 0 bridgehead atoms. The van der Waals surface area contributed by atoms with Crippen molar-refractivity contribution >= 4 is 5.91 Å². The number of likely N-dealkylation sites (tertiary alicyclic amines) is 1. The normalized spacial score (nSPS) is 28.1. The van der Waals surface area contributed by atoms with Gasteiger partial charge in [0.1, 0.15) is 0 Å². The molecular formula is C12H24N2O. The van der Waals surface area contributed by atoms with Crippen LogP contribution in [0.2, 0.25) is 0 Å². The Morgan fingerprint density at radius 3 is 2.80 bits per heavy atom. The fourth-order valence-electron chi connectivity index (χ4n) is 2.24. The molecule has 0 radical (unpaired) electrons. The van der Waals surface area contributed by atoms with Crippen LogP contribution >= 0.6 is 0 Å². The third-order valence-corrected chi connectivity index (χ3v) is 3.66. The highest BCUT2D eigenvalue weighted by atomic mass is 16.2. The second kappa shape index (κ2) is 5.50. The molecule has 1 rings (SSSR count). The number of carbonyl (C=O) groups excluding carboxylic acids is 1. The Labute approximate surface area is 93.0 Å². The third-order valence-electron chi connectivity index (χ3n) is 3.66. The minimum atomic E-state index is 0.279. The number of nitrogens with two attached hydrogens (primary N) is 1. The average molecular weight is 212 g/mol. The molecule has 2 N–H and O–H groups in total. The Morgan fingerprint density at radius 1 is 1.60 bits per heavy atom. The van der Waals surface area contributed by atoms with Gasteiger partial charge in [-0.15, -0.1) is 0 Å². The van der Waals surface area contributed by atoms with Crippen molar-refractivity contribution in [2.24, 2.45) is 17.6 Å². The quantitative estimate of drug-likeness (QED) is 0.769. The van der Waals surface area contributed by atoms with Gasteiger partial charge < -0.3 is 10.6 Å². The highest BCUT2D eigenvalue weighted by molar-refractivity contribution is 5.77. The van der Waals surface area contributed by atoms with E-state index in [2.05, 4.69) is 20.8 Å². The summed E-state index contributed by atoms with van der Waals surface area (Å²) < 4.78 is 0. The van der Waals surface area contributed by atoms with E-state index in [1.807, 2.05) is 4.90 Å². The van der Waals surface area contributed by atoms with Gasteiger partial charge in [-0.3, -0.25) is 4.79 Å². The van der Waals surface area contributed by atoms with E-state index in [1.54, 1.807) is 0 Å². The van der Waals surface area contributed by atoms with Gasteiger partial charge in [-0.25, -0.2) is 0 Å². The predicted octanol–water partition coefficient (Wildman–Crippen LogP) is 1.62. The summed E-state index contributed by atoms with van der Waals surface area (Å²) >= 11 is 0. The lowest BCUT2D eigenvalue weighted by atomic mass is 10.0. The van der Waals surface area contributed by atoms with Crippen LogP contribution in [0.25, 0.3) is 0 Å². The van der Waals surface area contributed by atoms with Crippen molar-refractivity contribution < 1.29 is 4.79 Å². The molecule has 1 heterocycles. The van der Waals surface area contributed by atoms with Gasteiger partial charge in [0.2, 0.25) is 5.91 Å². The summed E-state index contributed by atoms with van der Waals surface area (Å²) in [6.45, 7) is 7.96. The van der Waals surface area contributed by atoms with E-state index in [0.29, 0.717) is 30.7 Å². The van der Waals surface area contributed by atoms with Crippen molar-refractivity contribution in [3.05, 3.63) is 0 Å². The first kappa shape index (κ1) is 12.5. The van der Waals surface area contributed by atoms with E-state index in [-0.39, 0.29) is 6.04 Å². The second-order valence-corrected chi connectivity index (χ2v) is 4.87. The van der Waals surface area contributed by atoms with Crippen LogP contribution in [-0.4, -0.2) is 29.9 Å². The number of hydrogen-bond acceptors (Lipinski definition) is 2. The standard InChI is InChI=1S/C12H24N2O/c1-4-9(2)7-12(15)14-6-5-10(3)11(14)8-13/h9-11H,4-8,13H2,1-3H3. The SMILES string of the molecule is CCC(C)CC(=O)N1CCC(C)C1CN. The van der Waals surface area contributed by atoms with Gasteiger partial charge in [-0.1, -0.05) is 27.2 Å². The summed E-state index contributed by atoms with van der Waals surface area (Å²) in [4.78, 5) is 14.0. The molecule has 0 spiro atoms. The van der Waals surface area contributed by atoms with Crippen molar-refractivity contribution in [1.29, 1.82) is 0 Å². The first-order valence-corrected chi connectivity index (χ1v) is 6.09. The van der Waals surface area contributed by atoms with Crippen LogP contribution in [0.5, 0.6) is 0 Å². The average Bonchev–Trinajstić information content (AvgIpc) is 2.59. The van der Waals surface area contributed by atoms with Crippen molar-refractivity contribution in [2.45, 2.75) is 46.1 Å². The Bertz CT molecular complexity index is 218. The Morgan fingerprint density at radius 2 is 2.27 bits per heavy atom. The summed E-state index contributed by atoms with van der Waals surface area (Å²) in [7, 11) is 0. The van der Waals surface area contributed by atoms with Gasteiger partial charge in [0.15, 0.2) is 0 Å². The number of hydrogen-bond donors (Lipinski definition) is 1. The largest absolute Gasteiger partial charge is 0.338 e. The highest BCUT2D eigenvalue weighted by Crippen LogP contribution is 2.24. The summed E-state index contributed by atoms with van der Waals surface area (Å²) in [5.41, 5.74) is 5.72. The molecule has 0 aliphatic carbocycles. The van der Waals surface area contributed by atoms with Crippen molar-refractivity contribution in [2.75, 3.05) is 13.1 Å². The zero-order valence-corrected chi connectivity index (χ0v) is 10.2. The first-order valence-electron chi connectivity index (χ1n) is 6.09. The summed E-state index contributed by atoms with van der Waals surface area (Å²) in [5, 5.41) is 0. The maximum absolute atomic E-state index is 12.0. The molecule has 3 atom stereocenters. The van der Waals surface area contributed by atoms with Gasteiger partial charge in [0, 0.05) is 25.6 Å². The Hall–Kier alpha value is -0.570. The van der Waals surface area contributed by atoms with Crippen LogP contribution in [0.4, 0.5) is 0 Å². The lowest BCUT2D eigenvalue weighted by Crippen LogP contribution is -2.42. The third kappa shape index (κ3) is 2.94. The molecule has 1 saturated heterocycles. The van der Waals surface area contributed by atoms with Crippen LogP contribution < -0.4 is 5.73 Å². The minimum Gasteiger partial charge on any atom is -0.338 e. The Balaban J connectivity index is 2.52. The fraction of sp³-hybridized carbons (Fsp3) is 0.917. The maximum atomic E-state index is 12.0. The predicted molar refractivity (Wildman–Crippen MR) is 62.4 cm³/mol. The van der Waals surface area contributed by atoms with E-state index in [9.17, 15) is 4.79 Å². The van der Waals surface area contributed by atoms with E-state index in [0.717, 1.165) is 19.4 Å². The van der Waals surface area contributed by atoms with E-state index in [4.69, 9.17) is 5.73 Å². The van der Waals surface area contributed by atoms with Crippen LogP contribution in [0.3, 0.4) is 0 Å². The number of nitrogens with zero attached hydrogens (tertiary/aromatic N) is 1. The van der Waals surface area contributed by atoms with Crippen molar-refractivity contribution in [1.82, 2.24) is 4.90 Å². The number of rotatable bonds is 4. The molecular weight excluding hydrogens is 188 g/mol. The highest BCUT2D eigenvalue weighted by Gasteiger charge is 2.33. The molecule has 3 nitrogen and oxygen atoms in total. The number of amides is 1. The molecule has 1 aliphatic heterocycles. The van der Waals surface area contributed by atoms with Crippen LogP contribution in [0, 0.1) is 11.8 Å². The lowest BCUT2D eigenvalue weighted by Gasteiger charge is -2.26. The first-order chi connectivity index (χ1) is 7.10. The molecule has 0 aromatic heterocycles. The molecule has 0 aromatic rings. The molecule has 1 aliphatic rings. The fourth-order valence-corrected chi connectivity index (χ4v) is 2.24. The molecule has 15 heavy (non-hydrogen) atoms. The van der Waals surface area contributed by atoms with Crippen molar-refractivity contribution in [3.63, 3.8) is 0 Å². The summed E-state index contributed by atoms with van der Waals surface area (Å²) in [6, 6.07) is 0.279.